The smallest absolute Gasteiger partial charge is 0.220 e. The molecule has 2 rings (SSSR count). The summed E-state index contributed by atoms with van der Waals surface area (Å²) in [6, 6.07) is 5.44. The summed E-state index contributed by atoms with van der Waals surface area (Å²) in [4.78, 5) is 12.0. The van der Waals surface area contributed by atoms with Crippen molar-refractivity contribution in [3.05, 3.63) is 33.8 Å². The second-order valence-electron chi connectivity index (χ2n) is 6.24. The van der Waals surface area contributed by atoms with Gasteiger partial charge in [-0.1, -0.05) is 48.5 Å². The summed E-state index contributed by atoms with van der Waals surface area (Å²) in [5.41, 5.74) is 0.886. The Bertz CT molecular complexity index is 513. The van der Waals surface area contributed by atoms with E-state index in [1.165, 1.54) is 6.42 Å². The molecule has 0 aromatic heterocycles. The van der Waals surface area contributed by atoms with E-state index >= 15 is 0 Å². The van der Waals surface area contributed by atoms with Gasteiger partial charge in [0.1, 0.15) is 0 Å². The van der Waals surface area contributed by atoms with Gasteiger partial charge in [-0.2, -0.15) is 0 Å². The zero-order chi connectivity index (χ0) is 16.0. The molecule has 0 spiro atoms. The summed E-state index contributed by atoms with van der Waals surface area (Å²) in [6.07, 6.45) is 6.55. The monoisotopic (exact) mass is 343 g/mol. The van der Waals surface area contributed by atoms with Gasteiger partial charge >= 0.3 is 0 Å². The van der Waals surface area contributed by atoms with E-state index in [2.05, 4.69) is 5.32 Å². The molecule has 22 heavy (non-hydrogen) atoms. The number of benzene rings is 1. The summed E-state index contributed by atoms with van der Waals surface area (Å²) in [7, 11) is 0. The van der Waals surface area contributed by atoms with E-state index in [-0.39, 0.29) is 17.9 Å². The average molecular weight is 344 g/mol. The first-order valence-electron chi connectivity index (χ1n) is 7.86. The minimum atomic E-state index is -0.114. The molecule has 0 aliphatic heterocycles. The highest BCUT2D eigenvalue weighted by Crippen LogP contribution is 2.35. The van der Waals surface area contributed by atoms with Crippen molar-refractivity contribution < 1.29 is 9.90 Å². The fourth-order valence-electron chi connectivity index (χ4n) is 3.02. The van der Waals surface area contributed by atoms with Crippen molar-refractivity contribution in [2.75, 3.05) is 13.2 Å². The summed E-state index contributed by atoms with van der Waals surface area (Å²) < 4.78 is 0. The molecule has 1 aliphatic carbocycles. The van der Waals surface area contributed by atoms with Crippen LogP contribution in [0.25, 0.3) is 0 Å². The maximum atomic E-state index is 12.0. The normalized spacial score (nSPS) is 17.2. The van der Waals surface area contributed by atoms with E-state index < -0.39 is 0 Å². The Kier molecular flexibility index (Phi) is 6.54. The zero-order valence-electron chi connectivity index (χ0n) is 12.7. The quantitative estimate of drug-likeness (QED) is 0.820. The molecule has 5 heteroatoms. The minimum Gasteiger partial charge on any atom is -0.396 e. The predicted molar refractivity (Wildman–Crippen MR) is 90.4 cm³/mol. The summed E-state index contributed by atoms with van der Waals surface area (Å²) in [6.45, 7) is 0.726. The molecule has 0 saturated heterocycles. The molecule has 1 amide bonds. The Balaban J connectivity index is 1.78. The lowest BCUT2D eigenvalue weighted by atomic mass is 9.74. The van der Waals surface area contributed by atoms with E-state index in [4.69, 9.17) is 23.2 Å². The number of aliphatic hydroxyl groups excluding tert-OH is 1. The van der Waals surface area contributed by atoms with Crippen LogP contribution in [0.3, 0.4) is 0 Å². The Morgan fingerprint density at radius 3 is 2.55 bits per heavy atom. The summed E-state index contributed by atoms with van der Waals surface area (Å²) in [5.74, 6) is 0.0180. The fraction of sp³-hybridized carbons (Fsp3) is 0.588. The molecule has 122 valence electrons. The summed E-state index contributed by atoms with van der Waals surface area (Å²) in [5, 5.41) is 13.7. The Morgan fingerprint density at radius 1 is 1.18 bits per heavy atom. The molecule has 1 saturated carbocycles. The second kappa shape index (κ2) is 8.19. The predicted octanol–water partition coefficient (Wildman–Crippen LogP) is 3.99. The molecule has 0 unspecified atom stereocenters. The van der Waals surface area contributed by atoms with Crippen LogP contribution in [0.5, 0.6) is 0 Å². The number of amides is 1. The highest BCUT2D eigenvalue weighted by atomic mass is 35.5. The molecule has 1 aromatic rings. The first-order chi connectivity index (χ1) is 10.5. The van der Waals surface area contributed by atoms with Gasteiger partial charge in [-0.3, -0.25) is 4.79 Å². The molecule has 0 radical (unpaired) electrons. The third kappa shape index (κ3) is 4.87. The van der Waals surface area contributed by atoms with Crippen LogP contribution in [0, 0.1) is 5.41 Å². The molecular formula is C17H23Cl2NO2. The van der Waals surface area contributed by atoms with Crippen LogP contribution in [0.1, 0.15) is 44.1 Å². The molecule has 3 nitrogen and oxygen atoms in total. The molecule has 1 aliphatic rings. The van der Waals surface area contributed by atoms with E-state index in [1.807, 2.05) is 6.07 Å². The highest BCUT2D eigenvalue weighted by molar-refractivity contribution is 6.42. The first-order valence-corrected chi connectivity index (χ1v) is 8.62. The maximum absolute atomic E-state index is 12.0. The number of hydrogen-bond donors (Lipinski definition) is 2. The van der Waals surface area contributed by atoms with Crippen molar-refractivity contribution in [1.29, 1.82) is 0 Å². The van der Waals surface area contributed by atoms with E-state index in [0.717, 1.165) is 31.2 Å². The standard InChI is InChI=1S/C17H23Cl2NO2/c18-14-6-4-13(10-15(14)19)5-7-16(22)20-11-17(12-21)8-2-1-3-9-17/h4,6,10,21H,1-3,5,7-9,11-12H2,(H,20,22). The van der Waals surface area contributed by atoms with Gasteiger partial charge in [0.2, 0.25) is 5.91 Å². The van der Waals surface area contributed by atoms with Crippen molar-refractivity contribution >= 4 is 29.1 Å². The fourth-order valence-corrected chi connectivity index (χ4v) is 3.34. The Labute approximate surface area is 142 Å². The molecule has 0 bridgehead atoms. The van der Waals surface area contributed by atoms with Crippen LogP contribution in [0.15, 0.2) is 18.2 Å². The largest absolute Gasteiger partial charge is 0.396 e. The molecule has 0 atom stereocenters. The molecule has 1 aromatic carbocycles. The lowest BCUT2D eigenvalue weighted by molar-refractivity contribution is -0.121. The van der Waals surface area contributed by atoms with Gasteiger partial charge in [0.05, 0.1) is 16.7 Å². The van der Waals surface area contributed by atoms with Crippen molar-refractivity contribution in [1.82, 2.24) is 5.32 Å². The Hall–Kier alpha value is -0.770. The second-order valence-corrected chi connectivity index (χ2v) is 7.06. The van der Waals surface area contributed by atoms with Crippen LogP contribution >= 0.6 is 23.2 Å². The van der Waals surface area contributed by atoms with E-state index in [1.54, 1.807) is 12.1 Å². The highest BCUT2D eigenvalue weighted by Gasteiger charge is 2.31. The van der Waals surface area contributed by atoms with Crippen LogP contribution in [0.2, 0.25) is 10.0 Å². The van der Waals surface area contributed by atoms with Crippen LogP contribution in [-0.2, 0) is 11.2 Å². The van der Waals surface area contributed by atoms with Crippen LogP contribution in [-0.4, -0.2) is 24.2 Å². The lowest BCUT2D eigenvalue weighted by Crippen LogP contribution is -2.41. The minimum absolute atomic E-state index is 0.0180. The topological polar surface area (TPSA) is 49.3 Å². The van der Waals surface area contributed by atoms with E-state index in [9.17, 15) is 9.90 Å². The summed E-state index contributed by atoms with van der Waals surface area (Å²) >= 11 is 11.8. The third-order valence-electron chi connectivity index (χ3n) is 4.53. The van der Waals surface area contributed by atoms with Gasteiger partial charge in [0, 0.05) is 18.4 Å². The van der Waals surface area contributed by atoms with Gasteiger partial charge in [-0.25, -0.2) is 0 Å². The number of aliphatic hydroxyl groups is 1. The number of rotatable bonds is 6. The lowest BCUT2D eigenvalue weighted by Gasteiger charge is -2.35. The van der Waals surface area contributed by atoms with Gasteiger partial charge in [0.25, 0.3) is 0 Å². The van der Waals surface area contributed by atoms with Gasteiger partial charge in [-0.15, -0.1) is 0 Å². The maximum Gasteiger partial charge on any atom is 0.220 e. The molecule has 2 N–H and O–H groups in total. The van der Waals surface area contributed by atoms with Crippen molar-refractivity contribution in [2.45, 2.75) is 44.9 Å². The van der Waals surface area contributed by atoms with E-state index in [0.29, 0.717) is 29.4 Å². The van der Waals surface area contributed by atoms with Gasteiger partial charge < -0.3 is 10.4 Å². The first kappa shape index (κ1) is 17.6. The number of nitrogens with one attached hydrogen (secondary N) is 1. The number of hydrogen-bond acceptors (Lipinski definition) is 2. The van der Waals surface area contributed by atoms with Crippen LogP contribution in [0.4, 0.5) is 0 Å². The Morgan fingerprint density at radius 2 is 1.91 bits per heavy atom. The number of halogens is 2. The van der Waals surface area contributed by atoms with Crippen molar-refractivity contribution in [2.24, 2.45) is 5.41 Å². The molecule has 1 fully saturated rings. The van der Waals surface area contributed by atoms with Crippen molar-refractivity contribution in [3.63, 3.8) is 0 Å². The third-order valence-corrected chi connectivity index (χ3v) is 5.27. The number of aryl methyl sites for hydroxylation is 1. The number of carbonyl (C=O) groups is 1. The van der Waals surface area contributed by atoms with Crippen molar-refractivity contribution in [3.8, 4) is 0 Å². The SMILES string of the molecule is O=C(CCc1ccc(Cl)c(Cl)c1)NCC1(CO)CCCCC1. The van der Waals surface area contributed by atoms with Gasteiger partial charge in [0.15, 0.2) is 0 Å². The number of carbonyl (C=O) groups excluding carboxylic acids is 1. The zero-order valence-corrected chi connectivity index (χ0v) is 14.2. The molecular weight excluding hydrogens is 321 g/mol. The average Bonchev–Trinajstić information content (AvgIpc) is 2.55. The van der Waals surface area contributed by atoms with Gasteiger partial charge in [-0.05, 0) is 37.0 Å². The molecule has 0 heterocycles. The van der Waals surface area contributed by atoms with Crippen LogP contribution < -0.4 is 5.32 Å².